The minimum atomic E-state index is 0.286. The predicted octanol–water partition coefficient (Wildman–Crippen LogP) is 2.84. The molecule has 18 heavy (non-hydrogen) atoms. The zero-order valence-corrected chi connectivity index (χ0v) is 13.1. The van der Waals surface area contributed by atoms with Gasteiger partial charge in [0.05, 0.1) is 6.54 Å². The molecular weight excluding hydrogens is 342 g/mol. The van der Waals surface area contributed by atoms with Gasteiger partial charge >= 0.3 is 27.7 Å². The summed E-state index contributed by atoms with van der Waals surface area (Å²) in [4.78, 5) is 6.63. The summed E-state index contributed by atoms with van der Waals surface area (Å²) in [5.74, 6) is 0.286. The Balaban J connectivity index is 0.00000137. The Bertz CT molecular complexity index is 344. The molecule has 0 aliphatic carbocycles. The zero-order chi connectivity index (χ0) is 13.8. The summed E-state index contributed by atoms with van der Waals surface area (Å²) in [5.41, 5.74) is 0.780. The van der Waals surface area contributed by atoms with Crippen LogP contribution < -0.4 is 0 Å². The van der Waals surface area contributed by atoms with Crippen molar-refractivity contribution in [2.24, 2.45) is 4.99 Å². The van der Waals surface area contributed by atoms with Crippen molar-refractivity contribution >= 4 is 15.7 Å². The van der Waals surface area contributed by atoms with E-state index >= 15 is 0 Å². The van der Waals surface area contributed by atoms with Crippen LogP contribution in [0.4, 0.5) is 0 Å². The number of aromatic hydroxyl groups is 1. The fourth-order valence-electron chi connectivity index (χ4n) is 1.50. The maximum atomic E-state index is 9.51. The van der Waals surface area contributed by atoms with Crippen LogP contribution in [-0.2, 0) is 18.2 Å². The molecule has 1 rings (SSSR count). The van der Waals surface area contributed by atoms with Crippen LogP contribution in [0.1, 0.15) is 19.4 Å². The van der Waals surface area contributed by atoms with E-state index in [1.54, 1.807) is 12.3 Å². The van der Waals surface area contributed by atoms with Gasteiger partial charge in [-0.05, 0) is 25.2 Å². The third-order valence-electron chi connectivity index (χ3n) is 2.61. The number of aliphatic imine (C=N–C) groups is 1. The van der Waals surface area contributed by atoms with E-state index in [0.29, 0.717) is 0 Å². The van der Waals surface area contributed by atoms with E-state index in [2.05, 4.69) is 51.4 Å². The van der Waals surface area contributed by atoms with E-state index in [9.17, 15) is 5.11 Å². The molecule has 1 aromatic rings. The second-order valence-corrected chi connectivity index (χ2v) is 3.62. The number of hydrogen-bond donors (Lipinski definition) is 1. The van der Waals surface area contributed by atoms with Crippen molar-refractivity contribution in [3.63, 3.8) is 0 Å². The average Bonchev–Trinajstić information content (AvgIpc) is 2.43. The summed E-state index contributed by atoms with van der Waals surface area (Å²) in [5, 5.41) is 9.51. The Labute approximate surface area is 124 Å². The number of nitrogens with zero attached hydrogens (tertiary/aromatic N) is 2. The number of halogens is 1. The summed E-state index contributed by atoms with van der Waals surface area (Å²) in [7, 11) is 4.49. The molecule has 0 aliphatic heterocycles. The molecule has 104 valence electrons. The third-order valence-corrected chi connectivity index (χ3v) is 2.61. The number of likely N-dealkylation sites (N-methyl/N-ethyl adjacent to an activating group) is 1. The molecule has 0 unspecified atom stereocenters. The van der Waals surface area contributed by atoms with Gasteiger partial charge in [0.25, 0.3) is 0 Å². The monoisotopic (exact) mass is 361 g/mol. The molecule has 0 aliphatic rings. The second-order valence-electron chi connectivity index (χ2n) is 3.62. The number of para-hydroxylation sites is 1. The van der Waals surface area contributed by atoms with Gasteiger partial charge in [0.15, 0.2) is 0 Å². The van der Waals surface area contributed by atoms with Crippen LogP contribution in [0.15, 0.2) is 29.3 Å². The summed E-state index contributed by atoms with van der Waals surface area (Å²) in [6.07, 6.45) is 1.73. The summed E-state index contributed by atoms with van der Waals surface area (Å²) in [6, 6.07) is 7.23. The predicted molar refractivity (Wildman–Crippen MR) is 74.2 cm³/mol. The molecule has 1 aromatic carbocycles. The molecule has 0 fully saturated rings. The van der Waals surface area contributed by atoms with Crippen LogP contribution in [0.5, 0.6) is 5.75 Å². The molecule has 0 radical (unpaired) electrons. The molecule has 1 N–H and O–H groups in total. The molecular formula is C13H20ClN2OPd+. The van der Waals surface area contributed by atoms with E-state index < -0.39 is 0 Å². The van der Waals surface area contributed by atoms with Crippen molar-refractivity contribution in [2.75, 3.05) is 26.2 Å². The standard InChI is InChI=1S/C13H20N2O.ClH.Pd/c1-3-15(4-2)10-9-14-11-12-7-5-6-8-13(12)16;;/h5-8,11,16H,3-4,9-10H2,1-2H3;1H;/q;;+2/p-1. The van der Waals surface area contributed by atoms with Gasteiger partial charge in [0, 0.05) is 18.3 Å². The Morgan fingerprint density at radius 3 is 2.44 bits per heavy atom. The van der Waals surface area contributed by atoms with Crippen LogP contribution >= 0.6 is 9.53 Å². The van der Waals surface area contributed by atoms with Crippen LogP contribution in [0, 0.1) is 0 Å². The van der Waals surface area contributed by atoms with E-state index in [0.717, 1.165) is 31.7 Å². The van der Waals surface area contributed by atoms with Gasteiger partial charge in [-0.3, -0.25) is 4.99 Å². The average molecular weight is 362 g/mol. The summed E-state index contributed by atoms with van der Waals surface area (Å²) in [6.45, 7) is 8.16. The Hall–Kier alpha value is -0.398. The molecule has 0 bridgehead atoms. The van der Waals surface area contributed by atoms with Gasteiger partial charge in [-0.1, -0.05) is 26.0 Å². The van der Waals surface area contributed by atoms with E-state index in [1.165, 1.54) is 0 Å². The van der Waals surface area contributed by atoms with E-state index in [-0.39, 0.29) is 5.75 Å². The first-order valence-corrected chi connectivity index (χ1v) is 7.90. The van der Waals surface area contributed by atoms with Crippen LogP contribution in [0.2, 0.25) is 0 Å². The van der Waals surface area contributed by atoms with Crippen LogP contribution in [0.25, 0.3) is 0 Å². The van der Waals surface area contributed by atoms with Gasteiger partial charge in [0.2, 0.25) is 0 Å². The summed E-state index contributed by atoms with van der Waals surface area (Å²) < 4.78 is 0. The Kier molecular flexibility index (Phi) is 11.4. The van der Waals surface area contributed by atoms with Crippen molar-refractivity contribution in [2.45, 2.75) is 13.8 Å². The van der Waals surface area contributed by atoms with Gasteiger partial charge in [0.1, 0.15) is 5.75 Å². The fourth-order valence-corrected chi connectivity index (χ4v) is 1.50. The zero-order valence-electron chi connectivity index (χ0n) is 10.8. The molecule has 3 nitrogen and oxygen atoms in total. The quantitative estimate of drug-likeness (QED) is 0.624. The first-order chi connectivity index (χ1) is 8.77. The van der Waals surface area contributed by atoms with Crippen molar-refractivity contribution in [3.05, 3.63) is 29.8 Å². The number of phenols is 1. The Morgan fingerprint density at radius 1 is 1.28 bits per heavy atom. The number of phenolic OH excluding ortho intramolecular Hbond substituents is 1. The SMILES string of the molecule is CCN(CC)CCN=Cc1ccccc1O.[Cl][Pd+]. The van der Waals surface area contributed by atoms with Gasteiger partial charge in [-0.2, -0.15) is 0 Å². The molecule has 0 amide bonds. The van der Waals surface area contributed by atoms with Gasteiger partial charge < -0.3 is 10.0 Å². The van der Waals surface area contributed by atoms with Crippen molar-refractivity contribution in [3.8, 4) is 5.75 Å². The molecule has 0 saturated heterocycles. The Morgan fingerprint density at radius 2 is 1.89 bits per heavy atom. The number of rotatable bonds is 6. The van der Waals surface area contributed by atoms with Crippen LogP contribution in [0.3, 0.4) is 0 Å². The van der Waals surface area contributed by atoms with Gasteiger partial charge in [-0.15, -0.1) is 0 Å². The third kappa shape index (κ3) is 7.13. The molecule has 5 heteroatoms. The number of hydrogen-bond acceptors (Lipinski definition) is 3. The summed E-state index contributed by atoms with van der Waals surface area (Å²) >= 11 is 2.22. The van der Waals surface area contributed by atoms with Gasteiger partial charge in [-0.25, -0.2) is 0 Å². The van der Waals surface area contributed by atoms with Crippen molar-refractivity contribution in [1.82, 2.24) is 4.90 Å². The van der Waals surface area contributed by atoms with E-state index in [1.807, 2.05) is 18.2 Å². The molecule has 0 saturated carbocycles. The first-order valence-electron chi connectivity index (χ1n) is 5.90. The topological polar surface area (TPSA) is 35.8 Å². The first kappa shape index (κ1) is 17.6. The normalized spacial score (nSPS) is 10.6. The van der Waals surface area contributed by atoms with E-state index in [4.69, 9.17) is 0 Å². The van der Waals surface area contributed by atoms with Crippen molar-refractivity contribution in [1.29, 1.82) is 0 Å². The second kappa shape index (κ2) is 11.7. The molecule has 0 atom stereocenters. The maximum absolute atomic E-state index is 9.51. The molecule has 0 spiro atoms. The molecule has 0 heterocycles. The van der Waals surface area contributed by atoms with Crippen molar-refractivity contribution < 1.29 is 23.3 Å². The minimum absolute atomic E-state index is 0.286. The van der Waals surface area contributed by atoms with Crippen LogP contribution in [-0.4, -0.2) is 42.4 Å². The molecule has 0 aromatic heterocycles. The fraction of sp³-hybridized carbons (Fsp3) is 0.462. The number of benzene rings is 1.